The van der Waals surface area contributed by atoms with E-state index in [2.05, 4.69) is 10.3 Å². The first-order valence-corrected chi connectivity index (χ1v) is 6.93. The Morgan fingerprint density at radius 1 is 1.50 bits per heavy atom. The molecule has 0 amide bonds. The van der Waals surface area contributed by atoms with E-state index in [1.165, 1.54) is 19.3 Å². The Bertz CT molecular complexity index is 464. The fourth-order valence-corrected chi connectivity index (χ4v) is 2.28. The van der Waals surface area contributed by atoms with Crippen LogP contribution in [0.25, 0.3) is 0 Å². The minimum Gasteiger partial charge on any atom is -0.496 e. The highest BCUT2D eigenvalue weighted by atomic mass is 127. The first-order chi connectivity index (χ1) is 9.20. The van der Waals surface area contributed by atoms with Gasteiger partial charge in [0.1, 0.15) is 5.75 Å². The summed E-state index contributed by atoms with van der Waals surface area (Å²) >= 11 is 6.14. The van der Waals surface area contributed by atoms with E-state index >= 15 is 0 Å². The summed E-state index contributed by atoms with van der Waals surface area (Å²) in [5.41, 5.74) is 6.71. The van der Waals surface area contributed by atoms with Crippen molar-refractivity contribution in [2.24, 2.45) is 16.6 Å². The van der Waals surface area contributed by atoms with Gasteiger partial charge in [-0.3, -0.25) is 0 Å². The second kappa shape index (κ2) is 8.56. The first-order valence-electron chi connectivity index (χ1n) is 6.56. The lowest BCUT2D eigenvalue weighted by Gasteiger charge is -2.25. The predicted molar refractivity (Wildman–Crippen MR) is 94.1 cm³/mol. The zero-order valence-corrected chi connectivity index (χ0v) is 14.7. The predicted octanol–water partition coefficient (Wildman–Crippen LogP) is 3.17. The molecule has 0 radical (unpaired) electrons. The highest BCUT2D eigenvalue weighted by Crippen LogP contribution is 2.27. The fraction of sp³-hybridized carbons (Fsp3) is 0.500. The summed E-state index contributed by atoms with van der Waals surface area (Å²) in [6.45, 7) is 1.33. The number of methoxy groups -OCH3 is 1. The van der Waals surface area contributed by atoms with Gasteiger partial charge < -0.3 is 15.8 Å². The number of rotatable bonds is 5. The number of nitrogens with zero attached hydrogens (tertiary/aromatic N) is 1. The molecule has 2 rings (SSSR count). The number of nitrogens with two attached hydrogens (primary N) is 1. The van der Waals surface area contributed by atoms with Crippen LogP contribution in [0.4, 0.5) is 0 Å². The van der Waals surface area contributed by atoms with Gasteiger partial charge in [0.15, 0.2) is 5.96 Å². The summed E-state index contributed by atoms with van der Waals surface area (Å²) in [7, 11) is 1.62. The van der Waals surface area contributed by atoms with Crippen molar-refractivity contribution < 1.29 is 4.74 Å². The van der Waals surface area contributed by atoms with Gasteiger partial charge in [-0.2, -0.15) is 0 Å². The molecule has 0 spiro atoms. The molecule has 20 heavy (non-hydrogen) atoms. The normalized spacial score (nSPS) is 15.2. The molecule has 0 heterocycles. The van der Waals surface area contributed by atoms with Gasteiger partial charge in [0.2, 0.25) is 0 Å². The third kappa shape index (κ3) is 4.70. The molecule has 0 saturated heterocycles. The van der Waals surface area contributed by atoms with E-state index < -0.39 is 0 Å². The molecule has 4 nitrogen and oxygen atoms in total. The van der Waals surface area contributed by atoms with Gasteiger partial charge in [0.25, 0.3) is 0 Å². The van der Waals surface area contributed by atoms with Crippen LogP contribution in [0.1, 0.15) is 24.8 Å². The quantitative estimate of drug-likeness (QED) is 0.446. The Kier molecular flexibility index (Phi) is 7.43. The average molecular weight is 410 g/mol. The third-order valence-electron chi connectivity index (χ3n) is 3.50. The molecule has 1 aromatic rings. The van der Waals surface area contributed by atoms with Gasteiger partial charge in [-0.1, -0.05) is 24.1 Å². The highest BCUT2D eigenvalue weighted by molar-refractivity contribution is 14.0. The number of aliphatic imine (C=N–C) groups is 1. The van der Waals surface area contributed by atoms with E-state index in [0.717, 1.165) is 23.8 Å². The smallest absolute Gasteiger partial charge is 0.188 e. The lowest BCUT2D eigenvalue weighted by molar-refractivity contribution is 0.315. The van der Waals surface area contributed by atoms with E-state index in [1.807, 2.05) is 18.2 Å². The van der Waals surface area contributed by atoms with E-state index in [4.69, 9.17) is 22.1 Å². The largest absolute Gasteiger partial charge is 0.496 e. The number of ether oxygens (including phenoxy) is 1. The second-order valence-corrected chi connectivity index (χ2v) is 5.21. The van der Waals surface area contributed by atoms with Crippen LogP contribution in [0, 0.1) is 5.92 Å². The summed E-state index contributed by atoms with van der Waals surface area (Å²) < 4.78 is 5.27. The van der Waals surface area contributed by atoms with Gasteiger partial charge >= 0.3 is 0 Å². The maximum absolute atomic E-state index is 6.14. The van der Waals surface area contributed by atoms with Gasteiger partial charge in [-0.15, -0.1) is 24.0 Å². The Hall–Kier alpha value is -0.690. The molecule has 112 valence electrons. The third-order valence-corrected chi connectivity index (χ3v) is 3.85. The van der Waals surface area contributed by atoms with E-state index in [0.29, 0.717) is 17.5 Å². The van der Waals surface area contributed by atoms with Gasteiger partial charge in [0.05, 0.1) is 13.7 Å². The van der Waals surface area contributed by atoms with E-state index in [9.17, 15) is 0 Å². The number of guanidine groups is 1. The van der Waals surface area contributed by atoms with Crippen molar-refractivity contribution in [1.29, 1.82) is 0 Å². The summed E-state index contributed by atoms with van der Waals surface area (Å²) in [6, 6.07) is 5.55. The number of hydrogen-bond donors (Lipinski definition) is 2. The molecule has 1 saturated carbocycles. The summed E-state index contributed by atoms with van der Waals surface area (Å²) in [4.78, 5) is 4.31. The minimum absolute atomic E-state index is 0. The van der Waals surface area contributed by atoms with Gasteiger partial charge in [0, 0.05) is 17.1 Å². The second-order valence-electron chi connectivity index (χ2n) is 4.80. The molecular formula is C14H21ClIN3O. The maximum Gasteiger partial charge on any atom is 0.188 e. The Morgan fingerprint density at radius 3 is 2.85 bits per heavy atom. The molecular weight excluding hydrogens is 389 g/mol. The molecule has 1 aliphatic carbocycles. The number of halogens is 2. The van der Waals surface area contributed by atoms with Crippen LogP contribution in [0.5, 0.6) is 5.75 Å². The molecule has 3 N–H and O–H groups in total. The molecule has 0 unspecified atom stereocenters. The van der Waals surface area contributed by atoms with Crippen molar-refractivity contribution in [3.8, 4) is 5.75 Å². The first kappa shape index (κ1) is 17.4. The molecule has 0 atom stereocenters. The van der Waals surface area contributed by atoms with Crippen LogP contribution in [0.2, 0.25) is 5.02 Å². The number of nitrogens with one attached hydrogen (secondary N) is 1. The Morgan fingerprint density at radius 2 is 2.25 bits per heavy atom. The van der Waals surface area contributed by atoms with Crippen molar-refractivity contribution in [2.45, 2.75) is 25.8 Å². The van der Waals surface area contributed by atoms with Gasteiger partial charge in [-0.05, 0) is 30.9 Å². The van der Waals surface area contributed by atoms with Crippen LogP contribution in [0.3, 0.4) is 0 Å². The number of benzene rings is 1. The van der Waals surface area contributed by atoms with Crippen molar-refractivity contribution in [3.63, 3.8) is 0 Å². The van der Waals surface area contributed by atoms with Crippen LogP contribution in [0.15, 0.2) is 23.2 Å². The fourth-order valence-electron chi connectivity index (χ4n) is 2.05. The molecule has 6 heteroatoms. The van der Waals surface area contributed by atoms with Crippen molar-refractivity contribution in [3.05, 3.63) is 28.8 Å². The minimum atomic E-state index is 0. The standard InChI is InChI=1S/C14H20ClN3O.HI/c1-19-13-7-3-6-12(15)11(13)9-18-14(16)17-8-10-4-2-5-10;/h3,6-7,10H,2,4-5,8-9H2,1H3,(H3,16,17,18);1H. The Labute approximate surface area is 142 Å². The monoisotopic (exact) mass is 409 g/mol. The molecule has 1 aliphatic rings. The summed E-state index contributed by atoms with van der Waals surface area (Å²) in [6.07, 6.45) is 3.91. The molecule has 1 fully saturated rings. The lowest BCUT2D eigenvalue weighted by Crippen LogP contribution is -2.37. The van der Waals surface area contributed by atoms with Crippen LogP contribution >= 0.6 is 35.6 Å². The Balaban J connectivity index is 0.00000200. The van der Waals surface area contributed by atoms with Gasteiger partial charge in [-0.25, -0.2) is 4.99 Å². The number of hydrogen-bond acceptors (Lipinski definition) is 2. The zero-order valence-electron chi connectivity index (χ0n) is 11.6. The van der Waals surface area contributed by atoms with Crippen LogP contribution in [-0.4, -0.2) is 19.6 Å². The van der Waals surface area contributed by atoms with Crippen molar-refractivity contribution in [1.82, 2.24) is 5.32 Å². The van der Waals surface area contributed by atoms with Crippen molar-refractivity contribution in [2.75, 3.05) is 13.7 Å². The summed E-state index contributed by atoms with van der Waals surface area (Å²) in [5, 5.41) is 3.80. The molecule has 0 bridgehead atoms. The molecule has 0 aromatic heterocycles. The van der Waals surface area contributed by atoms with Crippen LogP contribution in [-0.2, 0) is 6.54 Å². The zero-order chi connectivity index (χ0) is 13.7. The topological polar surface area (TPSA) is 59.6 Å². The van der Waals surface area contributed by atoms with Crippen molar-refractivity contribution >= 4 is 41.5 Å². The SMILES string of the molecule is COc1cccc(Cl)c1CN=C(N)NCC1CCC1.I. The van der Waals surface area contributed by atoms with Crippen LogP contribution < -0.4 is 15.8 Å². The lowest BCUT2D eigenvalue weighted by atomic mass is 9.85. The molecule has 1 aromatic carbocycles. The molecule has 0 aliphatic heterocycles. The summed E-state index contributed by atoms with van der Waals surface area (Å²) in [5.74, 6) is 1.96. The van der Waals surface area contributed by atoms with E-state index in [1.54, 1.807) is 7.11 Å². The van der Waals surface area contributed by atoms with E-state index in [-0.39, 0.29) is 24.0 Å². The highest BCUT2D eigenvalue weighted by Gasteiger charge is 2.16. The average Bonchev–Trinajstić information content (AvgIpc) is 2.35. The maximum atomic E-state index is 6.14.